The Morgan fingerprint density at radius 3 is 2.31 bits per heavy atom. The zero-order valence-corrected chi connectivity index (χ0v) is 10.0. The average molecular weight is 225 g/mol. The fraction of sp³-hybridized carbons (Fsp3) is 0.923. The van der Waals surface area contributed by atoms with Gasteiger partial charge in [-0.1, -0.05) is 25.7 Å². The Morgan fingerprint density at radius 1 is 1.19 bits per heavy atom. The van der Waals surface area contributed by atoms with E-state index < -0.39 is 0 Å². The van der Waals surface area contributed by atoms with Gasteiger partial charge in [0.25, 0.3) is 0 Å². The molecule has 0 aromatic heterocycles. The van der Waals surface area contributed by atoms with Gasteiger partial charge in [0.1, 0.15) is 0 Å². The zero-order chi connectivity index (χ0) is 11.4. The van der Waals surface area contributed by atoms with Gasteiger partial charge in [-0.05, 0) is 25.7 Å². The largest absolute Gasteiger partial charge is 0.396 e. The summed E-state index contributed by atoms with van der Waals surface area (Å²) in [6, 6.07) is 0. The van der Waals surface area contributed by atoms with Crippen molar-refractivity contribution < 1.29 is 9.90 Å². The molecule has 2 N–H and O–H groups in total. The SMILES string of the molecule is O=C(NCC1(CO)CC1)C1CCCCCC1. The van der Waals surface area contributed by atoms with Crippen molar-refractivity contribution in [1.29, 1.82) is 0 Å². The molecule has 3 heteroatoms. The summed E-state index contributed by atoms with van der Waals surface area (Å²) in [4.78, 5) is 11.9. The molecule has 0 aromatic carbocycles. The summed E-state index contributed by atoms with van der Waals surface area (Å²) in [6.07, 6.45) is 9.19. The fourth-order valence-electron chi connectivity index (χ4n) is 2.53. The molecule has 2 saturated carbocycles. The Hall–Kier alpha value is -0.570. The van der Waals surface area contributed by atoms with Gasteiger partial charge in [0, 0.05) is 17.9 Å². The highest BCUT2D eigenvalue weighted by Crippen LogP contribution is 2.44. The topological polar surface area (TPSA) is 49.3 Å². The molecule has 0 aliphatic heterocycles. The third kappa shape index (κ3) is 2.97. The summed E-state index contributed by atoms with van der Waals surface area (Å²) < 4.78 is 0. The molecular weight excluding hydrogens is 202 g/mol. The van der Waals surface area contributed by atoms with Crippen LogP contribution in [0.25, 0.3) is 0 Å². The van der Waals surface area contributed by atoms with Crippen molar-refractivity contribution in [3.63, 3.8) is 0 Å². The highest BCUT2D eigenvalue weighted by molar-refractivity contribution is 5.78. The van der Waals surface area contributed by atoms with Crippen molar-refractivity contribution in [3.8, 4) is 0 Å². The smallest absolute Gasteiger partial charge is 0.223 e. The molecule has 0 aromatic rings. The summed E-state index contributed by atoms with van der Waals surface area (Å²) in [5.41, 5.74) is 0.0421. The number of amides is 1. The molecule has 1 amide bonds. The maximum atomic E-state index is 11.9. The Balaban J connectivity index is 1.74. The predicted octanol–water partition coefficient (Wildman–Crippen LogP) is 1.85. The molecule has 3 nitrogen and oxygen atoms in total. The number of aliphatic hydroxyl groups excluding tert-OH is 1. The lowest BCUT2D eigenvalue weighted by molar-refractivity contribution is -0.125. The first-order valence-corrected chi connectivity index (χ1v) is 6.64. The second-order valence-electron chi connectivity index (χ2n) is 5.56. The maximum Gasteiger partial charge on any atom is 0.223 e. The molecule has 92 valence electrons. The number of carbonyl (C=O) groups is 1. The standard InChI is InChI=1S/C13H23NO2/c15-10-13(7-8-13)9-14-12(16)11-5-3-1-2-4-6-11/h11,15H,1-10H2,(H,14,16). The second kappa shape index (κ2) is 5.17. The van der Waals surface area contributed by atoms with Crippen LogP contribution in [0.1, 0.15) is 51.4 Å². The third-order valence-corrected chi connectivity index (χ3v) is 4.16. The van der Waals surface area contributed by atoms with Gasteiger partial charge in [-0.2, -0.15) is 0 Å². The Labute approximate surface area is 97.6 Å². The van der Waals surface area contributed by atoms with Crippen LogP contribution in [-0.2, 0) is 4.79 Å². The summed E-state index contributed by atoms with van der Waals surface area (Å²) in [7, 11) is 0. The summed E-state index contributed by atoms with van der Waals surface area (Å²) in [6.45, 7) is 0.900. The molecule has 2 rings (SSSR count). The van der Waals surface area contributed by atoms with E-state index in [0.717, 1.165) is 25.7 Å². The molecule has 16 heavy (non-hydrogen) atoms. The lowest BCUT2D eigenvalue weighted by atomic mass is 9.99. The van der Waals surface area contributed by atoms with E-state index in [4.69, 9.17) is 0 Å². The molecule has 0 unspecified atom stereocenters. The van der Waals surface area contributed by atoms with E-state index in [1.807, 2.05) is 0 Å². The lowest BCUT2D eigenvalue weighted by Gasteiger charge is -2.17. The van der Waals surface area contributed by atoms with Gasteiger partial charge < -0.3 is 10.4 Å². The molecule has 2 aliphatic carbocycles. The van der Waals surface area contributed by atoms with E-state index in [1.54, 1.807) is 0 Å². The Bertz CT molecular complexity index is 240. The molecule has 0 radical (unpaired) electrons. The molecule has 0 atom stereocenters. The van der Waals surface area contributed by atoms with Crippen LogP contribution >= 0.6 is 0 Å². The van der Waals surface area contributed by atoms with Gasteiger partial charge in [0.2, 0.25) is 5.91 Å². The van der Waals surface area contributed by atoms with Crippen LogP contribution in [0.5, 0.6) is 0 Å². The van der Waals surface area contributed by atoms with E-state index in [0.29, 0.717) is 6.54 Å². The van der Waals surface area contributed by atoms with Gasteiger partial charge in [-0.3, -0.25) is 4.79 Å². The van der Waals surface area contributed by atoms with E-state index in [1.165, 1.54) is 25.7 Å². The van der Waals surface area contributed by atoms with Crippen LogP contribution < -0.4 is 5.32 Å². The zero-order valence-electron chi connectivity index (χ0n) is 10.0. The van der Waals surface area contributed by atoms with E-state index in [-0.39, 0.29) is 23.8 Å². The predicted molar refractivity (Wildman–Crippen MR) is 63.0 cm³/mol. The van der Waals surface area contributed by atoms with Gasteiger partial charge in [0.05, 0.1) is 6.61 Å². The van der Waals surface area contributed by atoms with Crippen molar-refractivity contribution in [1.82, 2.24) is 5.32 Å². The van der Waals surface area contributed by atoms with Crippen LogP contribution in [0.4, 0.5) is 0 Å². The van der Waals surface area contributed by atoms with Crippen molar-refractivity contribution in [2.75, 3.05) is 13.2 Å². The minimum Gasteiger partial charge on any atom is -0.396 e. The highest BCUT2D eigenvalue weighted by atomic mass is 16.3. The van der Waals surface area contributed by atoms with Crippen molar-refractivity contribution >= 4 is 5.91 Å². The highest BCUT2D eigenvalue weighted by Gasteiger charge is 2.42. The number of hydrogen-bond donors (Lipinski definition) is 2. The lowest BCUT2D eigenvalue weighted by Crippen LogP contribution is -2.36. The Morgan fingerprint density at radius 2 is 1.81 bits per heavy atom. The molecule has 2 aliphatic rings. The second-order valence-corrected chi connectivity index (χ2v) is 5.56. The van der Waals surface area contributed by atoms with Crippen molar-refractivity contribution in [3.05, 3.63) is 0 Å². The normalized spacial score (nSPS) is 24.8. The number of carbonyl (C=O) groups excluding carboxylic acids is 1. The third-order valence-electron chi connectivity index (χ3n) is 4.16. The van der Waals surface area contributed by atoms with Gasteiger partial charge in [0.15, 0.2) is 0 Å². The van der Waals surface area contributed by atoms with E-state index >= 15 is 0 Å². The fourth-order valence-corrected chi connectivity index (χ4v) is 2.53. The number of aliphatic hydroxyl groups is 1. The van der Waals surface area contributed by atoms with Crippen molar-refractivity contribution in [2.45, 2.75) is 51.4 Å². The quantitative estimate of drug-likeness (QED) is 0.717. The number of hydrogen-bond acceptors (Lipinski definition) is 2. The van der Waals surface area contributed by atoms with Crippen LogP contribution in [0.2, 0.25) is 0 Å². The molecule has 0 bridgehead atoms. The van der Waals surface area contributed by atoms with Gasteiger partial charge in [-0.25, -0.2) is 0 Å². The molecule has 0 heterocycles. The average Bonchev–Trinajstić information content (AvgIpc) is 3.11. The Kier molecular flexibility index (Phi) is 3.85. The summed E-state index contributed by atoms with van der Waals surface area (Å²) in [5, 5.41) is 12.2. The first kappa shape index (κ1) is 11.9. The summed E-state index contributed by atoms with van der Waals surface area (Å²) in [5.74, 6) is 0.457. The molecule has 2 fully saturated rings. The number of nitrogens with one attached hydrogen (secondary N) is 1. The van der Waals surface area contributed by atoms with Crippen LogP contribution in [0.3, 0.4) is 0 Å². The van der Waals surface area contributed by atoms with E-state index in [2.05, 4.69) is 5.32 Å². The van der Waals surface area contributed by atoms with Crippen molar-refractivity contribution in [2.24, 2.45) is 11.3 Å². The first-order chi connectivity index (χ1) is 7.76. The maximum absolute atomic E-state index is 11.9. The van der Waals surface area contributed by atoms with Gasteiger partial charge in [-0.15, -0.1) is 0 Å². The molecule has 0 spiro atoms. The van der Waals surface area contributed by atoms with Crippen LogP contribution in [0, 0.1) is 11.3 Å². The summed E-state index contributed by atoms with van der Waals surface area (Å²) >= 11 is 0. The molecule has 0 saturated heterocycles. The van der Waals surface area contributed by atoms with Crippen LogP contribution in [0.15, 0.2) is 0 Å². The van der Waals surface area contributed by atoms with Crippen LogP contribution in [-0.4, -0.2) is 24.2 Å². The first-order valence-electron chi connectivity index (χ1n) is 6.64. The monoisotopic (exact) mass is 225 g/mol. The van der Waals surface area contributed by atoms with Gasteiger partial charge >= 0.3 is 0 Å². The minimum atomic E-state index is 0.0421. The molecular formula is C13H23NO2. The number of rotatable bonds is 4. The van der Waals surface area contributed by atoms with E-state index in [9.17, 15) is 9.90 Å². The minimum absolute atomic E-state index is 0.0421.